The molecular weight excluding hydrogens is 284 g/mol. The highest BCUT2D eigenvalue weighted by atomic mass is 79.9. The van der Waals surface area contributed by atoms with Crippen LogP contribution in [0.4, 0.5) is 0 Å². The van der Waals surface area contributed by atoms with Crippen molar-refractivity contribution in [1.29, 1.82) is 0 Å². The quantitative estimate of drug-likeness (QED) is 0.899. The van der Waals surface area contributed by atoms with Gasteiger partial charge in [0, 0.05) is 26.7 Å². The lowest BCUT2D eigenvalue weighted by Crippen LogP contribution is -2.34. The molecule has 16 heavy (non-hydrogen) atoms. The summed E-state index contributed by atoms with van der Waals surface area (Å²) in [5.74, 6) is 0. The molecule has 90 valence electrons. The van der Waals surface area contributed by atoms with Gasteiger partial charge in [-0.1, -0.05) is 0 Å². The summed E-state index contributed by atoms with van der Waals surface area (Å²) in [5, 5.41) is 5.53. The second kappa shape index (κ2) is 4.77. The van der Waals surface area contributed by atoms with Crippen molar-refractivity contribution < 1.29 is 0 Å². The molecule has 0 radical (unpaired) electrons. The van der Waals surface area contributed by atoms with Crippen LogP contribution in [0.3, 0.4) is 0 Å². The summed E-state index contributed by atoms with van der Waals surface area (Å²) in [6.07, 6.45) is 2.68. The Morgan fingerprint density at radius 3 is 2.62 bits per heavy atom. The number of hydrogen-bond acceptors (Lipinski definition) is 3. The predicted molar refractivity (Wildman–Crippen MR) is 74.0 cm³/mol. The van der Waals surface area contributed by atoms with Gasteiger partial charge in [-0.05, 0) is 56.0 Å². The lowest BCUT2D eigenvalue weighted by molar-refractivity contribution is 0.195. The molecule has 1 aromatic heterocycles. The molecule has 0 aromatic carbocycles. The number of nitrogens with zero attached hydrogens (tertiary/aromatic N) is 1. The van der Waals surface area contributed by atoms with Crippen LogP contribution in [0.2, 0.25) is 0 Å². The molecule has 4 heteroatoms. The van der Waals surface area contributed by atoms with Crippen LogP contribution in [-0.4, -0.2) is 32.6 Å². The molecule has 1 aliphatic rings. The molecule has 1 aliphatic carbocycles. The normalized spacial score (nSPS) is 20.1. The second-order valence-electron chi connectivity index (χ2n) is 4.93. The summed E-state index contributed by atoms with van der Waals surface area (Å²) >= 11 is 5.41. The molecule has 1 saturated carbocycles. The third kappa shape index (κ3) is 2.35. The minimum Gasteiger partial charge on any atom is -0.319 e. The SMILES string of the molecule is CNCC1(C(c2cc(Br)cs2)N(C)C)CC1. The Balaban J connectivity index is 2.24. The molecule has 1 aromatic rings. The topological polar surface area (TPSA) is 15.3 Å². The summed E-state index contributed by atoms with van der Waals surface area (Å²) in [5.41, 5.74) is 0.461. The largest absolute Gasteiger partial charge is 0.319 e. The molecule has 2 nitrogen and oxygen atoms in total. The van der Waals surface area contributed by atoms with Crippen molar-refractivity contribution in [3.8, 4) is 0 Å². The predicted octanol–water partition coefficient (Wildman–Crippen LogP) is 3.11. The van der Waals surface area contributed by atoms with Crippen LogP contribution in [0.1, 0.15) is 23.8 Å². The van der Waals surface area contributed by atoms with Crippen LogP contribution in [0.5, 0.6) is 0 Å². The van der Waals surface area contributed by atoms with Crippen molar-refractivity contribution in [2.45, 2.75) is 18.9 Å². The van der Waals surface area contributed by atoms with Gasteiger partial charge in [0.2, 0.25) is 0 Å². The van der Waals surface area contributed by atoms with Crippen molar-refractivity contribution in [2.24, 2.45) is 5.41 Å². The molecule has 0 spiro atoms. The first-order chi connectivity index (χ1) is 7.59. The zero-order valence-corrected chi connectivity index (χ0v) is 12.5. The molecule has 0 bridgehead atoms. The molecule has 1 N–H and O–H groups in total. The van der Waals surface area contributed by atoms with Gasteiger partial charge in [0.1, 0.15) is 0 Å². The first-order valence-electron chi connectivity index (χ1n) is 5.64. The average molecular weight is 303 g/mol. The Labute approximate surface area is 110 Å². The molecular formula is C12H19BrN2S. The van der Waals surface area contributed by atoms with Gasteiger partial charge in [-0.25, -0.2) is 0 Å². The zero-order chi connectivity index (χ0) is 11.8. The number of halogens is 1. The summed E-state index contributed by atoms with van der Waals surface area (Å²) < 4.78 is 1.21. The number of hydrogen-bond donors (Lipinski definition) is 1. The van der Waals surface area contributed by atoms with E-state index in [1.54, 1.807) is 0 Å². The van der Waals surface area contributed by atoms with Crippen molar-refractivity contribution in [2.75, 3.05) is 27.7 Å². The monoisotopic (exact) mass is 302 g/mol. The molecule has 1 heterocycles. The molecule has 1 fully saturated rings. The van der Waals surface area contributed by atoms with Gasteiger partial charge < -0.3 is 10.2 Å². The lowest BCUT2D eigenvalue weighted by Gasteiger charge is -2.32. The van der Waals surface area contributed by atoms with Crippen molar-refractivity contribution in [1.82, 2.24) is 10.2 Å². The van der Waals surface area contributed by atoms with Gasteiger partial charge in [0.25, 0.3) is 0 Å². The summed E-state index contributed by atoms with van der Waals surface area (Å²) in [4.78, 5) is 3.84. The Kier molecular flexibility index (Phi) is 3.74. The van der Waals surface area contributed by atoms with Gasteiger partial charge in [0.05, 0.1) is 6.04 Å². The molecule has 1 atom stereocenters. The van der Waals surface area contributed by atoms with Crippen LogP contribution in [0.25, 0.3) is 0 Å². The third-order valence-electron chi connectivity index (χ3n) is 3.37. The van der Waals surface area contributed by atoms with E-state index in [4.69, 9.17) is 0 Å². The summed E-state index contributed by atoms with van der Waals surface area (Å²) in [6.45, 7) is 1.12. The highest BCUT2D eigenvalue weighted by Gasteiger charge is 2.50. The Hall–Kier alpha value is 0.1000. The first kappa shape index (κ1) is 12.6. The summed E-state index contributed by atoms with van der Waals surface area (Å²) in [7, 11) is 6.43. The Morgan fingerprint density at radius 2 is 2.25 bits per heavy atom. The second-order valence-corrected chi connectivity index (χ2v) is 6.78. The van der Waals surface area contributed by atoms with Gasteiger partial charge in [-0.3, -0.25) is 0 Å². The minimum atomic E-state index is 0.461. The molecule has 2 rings (SSSR count). The van der Waals surface area contributed by atoms with Gasteiger partial charge in [0.15, 0.2) is 0 Å². The molecule has 1 unspecified atom stereocenters. The van der Waals surface area contributed by atoms with E-state index in [0.29, 0.717) is 11.5 Å². The number of nitrogens with one attached hydrogen (secondary N) is 1. The zero-order valence-electron chi connectivity index (χ0n) is 10.1. The standard InChI is InChI=1S/C12H19BrN2S/c1-14-8-12(4-5-12)11(15(2)3)10-6-9(13)7-16-10/h6-7,11,14H,4-5,8H2,1-3H3. The van der Waals surface area contributed by atoms with E-state index in [9.17, 15) is 0 Å². The smallest absolute Gasteiger partial charge is 0.0504 e. The third-order valence-corrected chi connectivity index (χ3v) is 5.12. The maximum atomic E-state index is 3.55. The van der Waals surface area contributed by atoms with Crippen LogP contribution < -0.4 is 5.32 Å². The molecule has 0 aliphatic heterocycles. The van der Waals surface area contributed by atoms with Gasteiger partial charge >= 0.3 is 0 Å². The van der Waals surface area contributed by atoms with Gasteiger partial charge in [-0.15, -0.1) is 11.3 Å². The maximum Gasteiger partial charge on any atom is 0.0504 e. The highest BCUT2D eigenvalue weighted by Crippen LogP contribution is 2.57. The molecule has 0 saturated heterocycles. The Bertz CT molecular complexity index is 358. The number of rotatable bonds is 5. The van der Waals surface area contributed by atoms with Crippen molar-refractivity contribution in [3.63, 3.8) is 0 Å². The van der Waals surface area contributed by atoms with E-state index in [0.717, 1.165) is 6.54 Å². The van der Waals surface area contributed by atoms with Crippen molar-refractivity contribution in [3.05, 3.63) is 20.8 Å². The van der Waals surface area contributed by atoms with Crippen LogP contribution in [0.15, 0.2) is 15.9 Å². The van der Waals surface area contributed by atoms with Gasteiger partial charge in [-0.2, -0.15) is 0 Å². The maximum absolute atomic E-state index is 3.55. The van der Waals surface area contributed by atoms with E-state index < -0.39 is 0 Å². The lowest BCUT2D eigenvalue weighted by atomic mass is 9.94. The molecule has 0 amide bonds. The van der Waals surface area contributed by atoms with Crippen LogP contribution >= 0.6 is 27.3 Å². The van der Waals surface area contributed by atoms with E-state index in [2.05, 4.69) is 58.7 Å². The van der Waals surface area contributed by atoms with Crippen LogP contribution in [0, 0.1) is 5.41 Å². The van der Waals surface area contributed by atoms with Crippen LogP contribution in [-0.2, 0) is 0 Å². The highest BCUT2D eigenvalue weighted by molar-refractivity contribution is 9.10. The van der Waals surface area contributed by atoms with E-state index in [1.807, 2.05) is 11.3 Å². The number of thiophene rings is 1. The van der Waals surface area contributed by atoms with E-state index >= 15 is 0 Å². The van der Waals surface area contributed by atoms with E-state index in [1.165, 1.54) is 22.2 Å². The fourth-order valence-corrected chi connectivity index (χ4v) is 4.42. The fraction of sp³-hybridized carbons (Fsp3) is 0.667. The van der Waals surface area contributed by atoms with Crippen molar-refractivity contribution >= 4 is 27.3 Å². The summed E-state index contributed by atoms with van der Waals surface area (Å²) in [6, 6.07) is 2.82. The average Bonchev–Trinajstić information content (AvgIpc) is 2.83. The minimum absolute atomic E-state index is 0.461. The Morgan fingerprint density at radius 1 is 1.56 bits per heavy atom. The van der Waals surface area contributed by atoms with E-state index in [-0.39, 0.29) is 0 Å². The fourth-order valence-electron chi connectivity index (χ4n) is 2.64. The first-order valence-corrected chi connectivity index (χ1v) is 7.31.